The second-order valence-electron chi connectivity index (χ2n) is 4.12. The van der Waals surface area contributed by atoms with Crippen molar-refractivity contribution in [3.05, 3.63) is 53.6 Å². The largest absolute Gasteiger partial charge is 0.497 e. The number of nitrogens with two attached hydrogens (primary N) is 1. The Bertz CT molecular complexity index is 600. The number of nitrogens with one attached hydrogen (secondary N) is 1. The van der Waals surface area contributed by atoms with Crippen molar-refractivity contribution in [3.63, 3.8) is 0 Å². The van der Waals surface area contributed by atoms with Gasteiger partial charge in [-0.15, -0.1) is 0 Å². The zero-order valence-electron chi connectivity index (χ0n) is 10.7. The molecule has 2 rings (SSSR count). The molecule has 0 bridgehead atoms. The number of anilines is 2. The first kappa shape index (κ1) is 12.8. The minimum Gasteiger partial charge on any atom is -0.497 e. The van der Waals surface area contributed by atoms with Gasteiger partial charge in [0.2, 0.25) is 0 Å². The van der Waals surface area contributed by atoms with Crippen LogP contribution in [0.25, 0.3) is 0 Å². The summed E-state index contributed by atoms with van der Waals surface area (Å²) in [4.78, 5) is 0. The van der Waals surface area contributed by atoms with Gasteiger partial charge in [-0.25, -0.2) is 0 Å². The standard InChI is InChI=1S/C15H15N3O/c1-19-14-7-4-12(9-16)15(8-14)18-10-11-2-5-13(17)6-3-11/h2-8,18H,10,17H2,1H3. The van der Waals surface area contributed by atoms with E-state index in [0.29, 0.717) is 12.1 Å². The summed E-state index contributed by atoms with van der Waals surface area (Å²) in [5.41, 5.74) is 8.83. The highest BCUT2D eigenvalue weighted by atomic mass is 16.5. The molecule has 0 aliphatic rings. The van der Waals surface area contributed by atoms with Crippen LogP contribution in [0.1, 0.15) is 11.1 Å². The number of ether oxygens (including phenoxy) is 1. The van der Waals surface area contributed by atoms with Crippen molar-refractivity contribution in [1.29, 1.82) is 5.26 Å². The van der Waals surface area contributed by atoms with Crippen LogP contribution in [0.4, 0.5) is 11.4 Å². The number of hydrogen-bond donors (Lipinski definition) is 2. The second kappa shape index (κ2) is 5.78. The molecule has 0 saturated carbocycles. The molecule has 0 atom stereocenters. The van der Waals surface area contributed by atoms with Crippen molar-refractivity contribution >= 4 is 11.4 Å². The maximum absolute atomic E-state index is 9.07. The van der Waals surface area contributed by atoms with E-state index in [2.05, 4.69) is 11.4 Å². The van der Waals surface area contributed by atoms with Crippen molar-refractivity contribution in [2.45, 2.75) is 6.54 Å². The summed E-state index contributed by atoms with van der Waals surface area (Å²) in [7, 11) is 1.60. The van der Waals surface area contributed by atoms with E-state index in [1.54, 1.807) is 19.2 Å². The quantitative estimate of drug-likeness (QED) is 0.822. The molecule has 0 aliphatic heterocycles. The van der Waals surface area contributed by atoms with Crippen molar-refractivity contribution in [1.82, 2.24) is 0 Å². The monoisotopic (exact) mass is 253 g/mol. The fourth-order valence-electron chi connectivity index (χ4n) is 1.73. The summed E-state index contributed by atoms with van der Waals surface area (Å²) in [6.07, 6.45) is 0. The Balaban J connectivity index is 2.14. The van der Waals surface area contributed by atoms with E-state index in [0.717, 1.165) is 22.7 Å². The molecule has 0 saturated heterocycles. The van der Waals surface area contributed by atoms with Crippen LogP contribution in [0, 0.1) is 11.3 Å². The van der Waals surface area contributed by atoms with Crippen LogP contribution in [-0.4, -0.2) is 7.11 Å². The molecule has 0 aliphatic carbocycles. The number of nitrogens with zero attached hydrogens (tertiary/aromatic N) is 1. The van der Waals surface area contributed by atoms with E-state index in [1.165, 1.54) is 0 Å². The minimum absolute atomic E-state index is 0.594. The molecular weight excluding hydrogens is 238 g/mol. The third kappa shape index (κ3) is 3.17. The van der Waals surface area contributed by atoms with Gasteiger partial charge in [0.25, 0.3) is 0 Å². The topological polar surface area (TPSA) is 71.1 Å². The number of hydrogen-bond acceptors (Lipinski definition) is 4. The molecule has 0 heterocycles. The van der Waals surface area contributed by atoms with E-state index in [4.69, 9.17) is 15.7 Å². The fourth-order valence-corrected chi connectivity index (χ4v) is 1.73. The summed E-state index contributed by atoms with van der Waals surface area (Å²) in [5.74, 6) is 0.721. The summed E-state index contributed by atoms with van der Waals surface area (Å²) >= 11 is 0. The zero-order chi connectivity index (χ0) is 13.7. The summed E-state index contributed by atoms with van der Waals surface area (Å²) in [5, 5.41) is 12.3. The first-order valence-electron chi connectivity index (χ1n) is 5.89. The van der Waals surface area contributed by atoms with Crippen molar-refractivity contribution in [3.8, 4) is 11.8 Å². The summed E-state index contributed by atoms with van der Waals surface area (Å²) in [6.45, 7) is 0.627. The predicted molar refractivity (Wildman–Crippen MR) is 75.9 cm³/mol. The van der Waals surface area contributed by atoms with Crippen molar-refractivity contribution in [2.75, 3.05) is 18.2 Å². The highest BCUT2D eigenvalue weighted by Crippen LogP contribution is 2.22. The molecular formula is C15H15N3O. The van der Waals surface area contributed by atoms with Crippen LogP contribution in [0.2, 0.25) is 0 Å². The van der Waals surface area contributed by atoms with E-state index in [-0.39, 0.29) is 0 Å². The van der Waals surface area contributed by atoms with Gasteiger partial charge < -0.3 is 15.8 Å². The number of nitrogen functional groups attached to an aromatic ring is 1. The molecule has 19 heavy (non-hydrogen) atoms. The number of nitriles is 1. The van der Waals surface area contributed by atoms with Gasteiger partial charge in [-0.1, -0.05) is 12.1 Å². The second-order valence-corrected chi connectivity index (χ2v) is 4.12. The lowest BCUT2D eigenvalue weighted by atomic mass is 10.1. The van der Waals surface area contributed by atoms with E-state index in [1.807, 2.05) is 30.3 Å². The first-order valence-corrected chi connectivity index (χ1v) is 5.89. The lowest BCUT2D eigenvalue weighted by Gasteiger charge is -2.10. The van der Waals surface area contributed by atoms with Crippen LogP contribution >= 0.6 is 0 Å². The van der Waals surface area contributed by atoms with Gasteiger partial charge in [-0.3, -0.25) is 0 Å². The maximum Gasteiger partial charge on any atom is 0.121 e. The molecule has 4 heteroatoms. The molecule has 0 spiro atoms. The molecule has 0 fully saturated rings. The molecule has 0 amide bonds. The summed E-state index contributed by atoms with van der Waals surface area (Å²) in [6, 6.07) is 15.1. The Morgan fingerprint density at radius 1 is 1.21 bits per heavy atom. The van der Waals surface area contributed by atoms with Gasteiger partial charge in [0.1, 0.15) is 11.8 Å². The first-order chi connectivity index (χ1) is 9.22. The molecule has 0 unspecified atom stereocenters. The molecule has 2 aromatic rings. The van der Waals surface area contributed by atoms with E-state index in [9.17, 15) is 0 Å². The Morgan fingerprint density at radius 3 is 2.58 bits per heavy atom. The van der Waals surface area contributed by atoms with Crippen LogP contribution in [0.5, 0.6) is 5.75 Å². The van der Waals surface area contributed by atoms with Crippen LogP contribution < -0.4 is 15.8 Å². The van der Waals surface area contributed by atoms with Crippen molar-refractivity contribution < 1.29 is 4.74 Å². The van der Waals surface area contributed by atoms with Crippen molar-refractivity contribution in [2.24, 2.45) is 0 Å². The fraction of sp³-hybridized carbons (Fsp3) is 0.133. The molecule has 2 aromatic carbocycles. The Kier molecular flexibility index (Phi) is 3.89. The molecule has 0 aromatic heterocycles. The van der Waals surface area contributed by atoms with Gasteiger partial charge in [-0.2, -0.15) is 5.26 Å². The van der Waals surface area contributed by atoms with E-state index >= 15 is 0 Å². The zero-order valence-corrected chi connectivity index (χ0v) is 10.7. The van der Waals surface area contributed by atoms with Crippen LogP contribution in [0.15, 0.2) is 42.5 Å². The highest BCUT2D eigenvalue weighted by Gasteiger charge is 2.03. The Labute approximate surface area is 112 Å². The van der Waals surface area contributed by atoms with E-state index < -0.39 is 0 Å². The number of benzene rings is 2. The van der Waals surface area contributed by atoms with Crippen LogP contribution in [0.3, 0.4) is 0 Å². The highest BCUT2D eigenvalue weighted by molar-refractivity contribution is 5.60. The van der Waals surface area contributed by atoms with Gasteiger partial charge in [0, 0.05) is 18.3 Å². The normalized spacial score (nSPS) is 9.68. The number of rotatable bonds is 4. The number of methoxy groups -OCH3 is 1. The van der Waals surface area contributed by atoms with Gasteiger partial charge in [0.15, 0.2) is 0 Å². The summed E-state index contributed by atoms with van der Waals surface area (Å²) < 4.78 is 5.16. The predicted octanol–water partition coefficient (Wildman–Crippen LogP) is 2.76. The molecule has 4 nitrogen and oxygen atoms in total. The third-order valence-electron chi connectivity index (χ3n) is 2.81. The third-order valence-corrected chi connectivity index (χ3v) is 2.81. The molecule has 3 N–H and O–H groups in total. The average Bonchev–Trinajstić information content (AvgIpc) is 2.46. The Morgan fingerprint density at radius 2 is 1.95 bits per heavy atom. The minimum atomic E-state index is 0.594. The SMILES string of the molecule is COc1ccc(C#N)c(NCc2ccc(N)cc2)c1. The smallest absolute Gasteiger partial charge is 0.121 e. The molecule has 0 radical (unpaired) electrons. The van der Waals surface area contributed by atoms with Gasteiger partial charge in [0.05, 0.1) is 18.4 Å². The molecule has 96 valence electrons. The average molecular weight is 253 g/mol. The lowest BCUT2D eigenvalue weighted by molar-refractivity contribution is 0.415. The maximum atomic E-state index is 9.07. The Hall–Kier alpha value is -2.67. The van der Waals surface area contributed by atoms with Gasteiger partial charge >= 0.3 is 0 Å². The lowest BCUT2D eigenvalue weighted by Crippen LogP contribution is -2.02. The van der Waals surface area contributed by atoms with Gasteiger partial charge in [-0.05, 0) is 29.8 Å². The van der Waals surface area contributed by atoms with Crippen LogP contribution in [-0.2, 0) is 6.54 Å².